The van der Waals surface area contributed by atoms with Gasteiger partial charge in [-0.25, -0.2) is 4.98 Å². The van der Waals surface area contributed by atoms with Crippen LogP contribution in [0.15, 0.2) is 18.3 Å². The number of aliphatic carboxylic acids is 1. The minimum Gasteiger partial charge on any atom is -0.481 e. The molecule has 6 heteroatoms. The van der Waals surface area contributed by atoms with Crippen LogP contribution in [0.25, 0.3) is 0 Å². The van der Waals surface area contributed by atoms with Gasteiger partial charge in [0.1, 0.15) is 5.82 Å². The van der Waals surface area contributed by atoms with Gasteiger partial charge in [-0.3, -0.25) is 9.59 Å². The second-order valence-electron chi connectivity index (χ2n) is 5.07. The van der Waals surface area contributed by atoms with Crippen molar-refractivity contribution in [2.45, 2.75) is 39.0 Å². The third kappa shape index (κ3) is 6.25. The van der Waals surface area contributed by atoms with Crippen molar-refractivity contribution in [3.63, 3.8) is 0 Å². The Morgan fingerprint density at radius 3 is 2.76 bits per heavy atom. The molecule has 4 N–H and O–H groups in total. The Hall–Kier alpha value is -2.11. The smallest absolute Gasteiger partial charge is 0.303 e. The van der Waals surface area contributed by atoms with Crippen molar-refractivity contribution in [3.05, 3.63) is 23.9 Å². The molecular formula is C15H23N3O3. The molecular weight excluding hydrogens is 270 g/mol. The lowest BCUT2D eigenvalue weighted by Gasteiger charge is -2.16. The Bertz CT molecular complexity index is 477. The van der Waals surface area contributed by atoms with Crippen molar-refractivity contribution in [2.75, 3.05) is 11.9 Å². The fourth-order valence-corrected chi connectivity index (χ4v) is 2.31. The van der Waals surface area contributed by atoms with Gasteiger partial charge >= 0.3 is 5.97 Å². The molecule has 0 aliphatic carbocycles. The maximum atomic E-state index is 11.3. The summed E-state index contributed by atoms with van der Waals surface area (Å²) >= 11 is 0. The number of pyridine rings is 1. The molecule has 1 aromatic rings. The zero-order valence-corrected chi connectivity index (χ0v) is 12.3. The summed E-state index contributed by atoms with van der Waals surface area (Å²) in [5.74, 6) is -0.427. The van der Waals surface area contributed by atoms with Gasteiger partial charge in [0.05, 0.1) is 5.56 Å². The number of hydrogen-bond acceptors (Lipinski definition) is 4. The first-order valence-corrected chi connectivity index (χ1v) is 7.25. The monoisotopic (exact) mass is 293 g/mol. The van der Waals surface area contributed by atoms with Gasteiger partial charge in [0.25, 0.3) is 5.91 Å². The number of carbonyl (C=O) groups is 2. The largest absolute Gasteiger partial charge is 0.481 e. The number of nitrogens with zero attached hydrogens (tertiary/aromatic N) is 1. The van der Waals surface area contributed by atoms with Crippen molar-refractivity contribution in [1.29, 1.82) is 0 Å². The molecule has 0 saturated heterocycles. The molecule has 1 amide bonds. The molecule has 0 bridgehead atoms. The number of rotatable bonds is 10. The van der Waals surface area contributed by atoms with Crippen LogP contribution in [-0.2, 0) is 4.79 Å². The molecule has 0 aliphatic rings. The number of nitrogens with two attached hydrogens (primary N) is 1. The summed E-state index contributed by atoms with van der Waals surface area (Å²) < 4.78 is 0. The molecule has 0 radical (unpaired) electrons. The molecule has 21 heavy (non-hydrogen) atoms. The maximum Gasteiger partial charge on any atom is 0.303 e. The Labute approximate surface area is 124 Å². The van der Waals surface area contributed by atoms with Crippen LogP contribution in [0.3, 0.4) is 0 Å². The number of carboxylic acid groups (broad SMARTS) is 1. The molecule has 0 spiro atoms. The molecule has 0 saturated carbocycles. The zero-order valence-electron chi connectivity index (χ0n) is 12.3. The number of carboxylic acids is 1. The van der Waals surface area contributed by atoms with Gasteiger partial charge in [0, 0.05) is 19.2 Å². The summed E-state index contributed by atoms with van der Waals surface area (Å²) in [6, 6.07) is 3.30. The highest BCUT2D eigenvalue weighted by molar-refractivity contribution is 5.97. The molecule has 6 nitrogen and oxygen atoms in total. The number of aromatic nitrogens is 1. The van der Waals surface area contributed by atoms with E-state index < -0.39 is 11.9 Å². The van der Waals surface area contributed by atoms with Crippen molar-refractivity contribution in [2.24, 2.45) is 11.7 Å². The van der Waals surface area contributed by atoms with E-state index in [0.29, 0.717) is 30.3 Å². The molecule has 1 unspecified atom stereocenters. The summed E-state index contributed by atoms with van der Waals surface area (Å²) in [7, 11) is 0. The van der Waals surface area contributed by atoms with E-state index in [9.17, 15) is 9.59 Å². The van der Waals surface area contributed by atoms with Crippen LogP contribution in [-0.4, -0.2) is 28.5 Å². The lowest BCUT2D eigenvalue weighted by atomic mass is 9.94. The van der Waals surface area contributed by atoms with E-state index >= 15 is 0 Å². The Morgan fingerprint density at radius 1 is 1.38 bits per heavy atom. The normalized spacial score (nSPS) is 11.9. The summed E-state index contributed by atoms with van der Waals surface area (Å²) in [6.07, 6.45) is 5.34. The lowest BCUT2D eigenvalue weighted by molar-refractivity contribution is -0.137. The average molecular weight is 293 g/mol. The first-order chi connectivity index (χ1) is 10.0. The molecule has 1 rings (SSSR count). The highest BCUT2D eigenvalue weighted by Gasteiger charge is 2.12. The summed E-state index contributed by atoms with van der Waals surface area (Å²) in [6.45, 7) is 2.73. The Morgan fingerprint density at radius 2 is 2.14 bits per heavy atom. The molecule has 0 aliphatic heterocycles. The van der Waals surface area contributed by atoms with Crippen LogP contribution in [0.1, 0.15) is 49.4 Å². The molecule has 1 atom stereocenters. The van der Waals surface area contributed by atoms with Crippen molar-refractivity contribution in [1.82, 2.24) is 4.98 Å². The highest BCUT2D eigenvalue weighted by atomic mass is 16.4. The molecule has 1 heterocycles. The maximum absolute atomic E-state index is 11.3. The molecule has 1 aromatic heterocycles. The SMILES string of the molecule is CCCC(CCNc1ncccc1C(N)=O)CCC(=O)O. The van der Waals surface area contributed by atoms with Crippen LogP contribution in [0, 0.1) is 5.92 Å². The number of nitrogens with one attached hydrogen (secondary N) is 1. The van der Waals surface area contributed by atoms with Gasteiger partial charge < -0.3 is 16.2 Å². The second-order valence-corrected chi connectivity index (χ2v) is 5.07. The highest BCUT2D eigenvalue weighted by Crippen LogP contribution is 2.18. The van der Waals surface area contributed by atoms with E-state index in [1.54, 1.807) is 18.3 Å². The minimum atomic E-state index is -0.759. The average Bonchev–Trinajstić information content (AvgIpc) is 2.45. The standard InChI is InChI=1S/C15H23N3O3/c1-2-4-11(6-7-13(19)20)8-10-18-15-12(14(16)21)5-3-9-17-15/h3,5,9,11H,2,4,6-8,10H2,1H3,(H2,16,21)(H,17,18)(H,19,20). The van der Waals surface area contributed by atoms with E-state index in [1.807, 2.05) is 0 Å². The van der Waals surface area contributed by atoms with Gasteiger partial charge in [0.15, 0.2) is 0 Å². The predicted molar refractivity (Wildman–Crippen MR) is 81.1 cm³/mol. The van der Waals surface area contributed by atoms with Crippen molar-refractivity contribution < 1.29 is 14.7 Å². The Balaban J connectivity index is 2.50. The van der Waals surface area contributed by atoms with Crippen molar-refractivity contribution >= 4 is 17.7 Å². The van der Waals surface area contributed by atoms with Crippen LogP contribution in [0.4, 0.5) is 5.82 Å². The fraction of sp³-hybridized carbons (Fsp3) is 0.533. The van der Waals surface area contributed by atoms with Gasteiger partial charge in [0.2, 0.25) is 0 Å². The van der Waals surface area contributed by atoms with E-state index in [1.165, 1.54) is 0 Å². The zero-order chi connectivity index (χ0) is 15.7. The van der Waals surface area contributed by atoms with Crippen LogP contribution < -0.4 is 11.1 Å². The van der Waals surface area contributed by atoms with Crippen molar-refractivity contribution in [3.8, 4) is 0 Å². The quantitative estimate of drug-likeness (QED) is 0.613. The summed E-state index contributed by atoms with van der Waals surface area (Å²) in [5, 5.41) is 11.9. The molecule has 0 fully saturated rings. The van der Waals surface area contributed by atoms with E-state index in [4.69, 9.17) is 10.8 Å². The van der Waals surface area contributed by atoms with Gasteiger partial charge in [-0.15, -0.1) is 0 Å². The number of primary amides is 1. The number of hydrogen-bond donors (Lipinski definition) is 3. The molecule has 116 valence electrons. The first-order valence-electron chi connectivity index (χ1n) is 7.25. The molecule has 0 aromatic carbocycles. The first kappa shape index (κ1) is 16.9. The number of carbonyl (C=O) groups excluding carboxylic acids is 1. The lowest BCUT2D eigenvalue weighted by Crippen LogP contribution is -2.17. The Kier molecular flexibility index (Phi) is 7.21. The van der Waals surface area contributed by atoms with E-state index in [2.05, 4.69) is 17.2 Å². The fourth-order valence-electron chi connectivity index (χ4n) is 2.31. The number of amides is 1. The van der Waals surface area contributed by atoms with E-state index in [0.717, 1.165) is 19.3 Å². The second kappa shape index (κ2) is 8.94. The van der Waals surface area contributed by atoms with Crippen LogP contribution in [0.5, 0.6) is 0 Å². The van der Waals surface area contributed by atoms with Crippen LogP contribution in [0.2, 0.25) is 0 Å². The van der Waals surface area contributed by atoms with E-state index in [-0.39, 0.29) is 6.42 Å². The number of anilines is 1. The van der Waals surface area contributed by atoms with Gasteiger partial charge in [-0.05, 0) is 30.9 Å². The minimum absolute atomic E-state index is 0.195. The third-order valence-corrected chi connectivity index (χ3v) is 3.38. The van der Waals surface area contributed by atoms with Gasteiger partial charge in [-0.2, -0.15) is 0 Å². The summed E-state index contributed by atoms with van der Waals surface area (Å²) in [5.41, 5.74) is 5.66. The predicted octanol–water partition coefficient (Wildman–Crippen LogP) is 2.26. The third-order valence-electron chi connectivity index (χ3n) is 3.38. The van der Waals surface area contributed by atoms with Crippen LogP contribution >= 0.6 is 0 Å². The van der Waals surface area contributed by atoms with Gasteiger partial charge in [-0.1, -0.05) is 19.8 Å². The topological polar surface area (TPSA) is 105 Å². The summed E-state index contributed by atoms with van der Waals surface area (Å²) in [4.78, 5) is 26.0.